The summed E-state index contributed by atoms with van der Waals surface area (Å²) in [6.07, 6.45) is 12.7. The van der Waals surface area contributed by atoms with Crippen LogP contribution in [0.3, 0.4) is 0 Å². The molecular formula is C38H39N7O4. The summed E-state index contributed by atoms with van der Waals surface area (Å²) in [7, 11) is 6.26. The number of nitrogens with zero attached hydrogens (tertiary/aromatic N) is 4. The topological polar surface area (TPSA) is 149 Å². The van der Waals surface area contributed by atoms with Gasteiger partial charge in [0.15, 0.2) is 5.75 Å². The molecule has 0 bridgehead atoms. The number of rotatable bonds is 12. The number of amidine groups is 1. The van der Waals surface area contributed by atoms with Crippen molar-refractivity contribution in [2.75, 3.05) is 33.6 Å². The number of likely N-dealkylation sites (N-methyl/N-ethyl adjacent to an activating group) is 1. The summed E-state index contributed by atoms with van der Waals surface area (Å²) >= 11 is 0. The van der Waals surface area contributed by atoms with Crippen LogP contribution in [0.4, 0.5) is 5.69 Å². The van der Waals surface area contributed by atoms with Gasteiger partial charge in [0.05, 0.1) is 47.9 Å². The van der Waals surface area contributed by atoms with Gasteiger partial charge in [0.1, 0.15) is 5.84 Å². The molecule has 4 rings (SSSR count). The minimum absolute atomic E-state index is 0.0441. The highest BCUT2D eigenvalue weighted by molar-refractivity contribution is 6.08. The Morgan fingerprint density at radius 3 is 2.49 bits per heavy atom. The summed E-state index contributed by atoms with van der Waals surface area (Å²) in [5.74, 6) is 2.46. The second-order valence-corrected chi connectivity index (χ2v) is 11.3. The lowest BCUT2D eigenvalue weighted by atomic mass is 9.96. The van der Waals surface area contributed by atoms with E-state index in [2.05, 4.69) is 37.9 Å². The molecule has 1 aliphatic carbocycles. The fourth-order valence-corrected chi connectivity index (χ4v) is 5.10. The van der Waals surface area contributed by atoms with Gasteiger partial charge < -0.3 is 25.6 Å². The molecule has 1 aliphatic rings. The Kier molecular flexibility index (Phi) is 12.1. The zero-order valence-electron chi connectivity index (χ0n) is 28.3. The van der Waals surface area contributed by atoms with E-state index in [1.54, 1.807) is 85.9 Å². The van der Waals surface area contributed by atoms with E-state index in [1.165, 1.54) is 14.2 Å². The first-order chi connectivity index (χ1) is 23.7. The number of methoxy groups -OCH3 is 1. The van der Waals surface area contributed by atoms with Crippen molar-refractivity contribution < 1.29 is 19.1 Å². The summed E-state index contributed by atoms with van der Waals surface area (Å²) in [5.41, 5.74) is 4.40. The van der Waals surface area contributed by atoms with Crippen molar-refractivity contribution in [3.8, 4) is 35.3 Å². The summed E-state index contributed by atoms with van der Waals surface area (Å²) < 4.78 is 5.88. The molecule has 250 valence electrons. The van der Waals surface area contributed by atoms with Crippen molar-refractivity contribution in [1.29, 1.82) is 5.26 Å². The van der Waals surface area contributed by atoms with E-state index in [0.717, 1.165) is 12.8 Å². The first-order valence-corrected chi connectivity index (χ1v) is 15.7. The largest absolute Gasteiger partial charge is 0.494 e. The minimum Gasteiger partial charge on any atom is -0.494 e. The number of pyridine rings is 1. The number of aliphatic imine (C=N–C) groups is 1. The molecule has 49 heavy (non-hydrogen) atoms. The Labute approximate surface area is 286 Å². The van der Waals surface area contributed by atoms with Gasteiger partial charge in [-0.05, 0) is 61.2 Å². The van der Waals surface area contributed by atoms with E-state index < -0.39 is 0 Å². The number of ether oxygens (including phenoxy) is 1. The highest BCUT2D eigenvalue weighted by atomic mass is 16.5. The second kappa shape index (κ2) is 16.6. The van der Waals surface area contributed by atoms with Crippen LogP contribution < -0.4 is 20.7 Å². The van der Waals surface area contributed by atoms with E-state index in [9.17, 15) is 19.6 Å². The Bertz CT molecular complexity index is 1910. The smallest absolute Gasteiger partial charge is 0.253 e. The Balaban J connectivity index is 1.70. The number of hydrogen-bond donors (Lipinski definition) is 3. The van der Waals surface area contributed by atoms with E-state index in [1.807, 2.05) is 6.92 Å². The van der Waals surface area contributed by atoms with Gasteiger partial charge in [-0.15, -0.1) is 6.42 Å². The average molecular weight is 658 g/mol. The molecule has 3 N–H and O–H groups in total. The molecule has 3 amide bonds. The van der Waals surface area contributed by atoms with E-state index in [4.69, 9.17) is 11.2 Å². The Morgan fingerprint density at radius 1 is 1.16 bits per heavy atom. The van der Waals surface area contributed by atoms with Gasteiger partial charge in [-0.1, -0.05) is 31.1 Å². The van der Waals surface area contributed by atoms with Crippen LogP contribution in [0.5, 0.6) is 5.75 Å². The molecule has 0 saturated heterocycles. The number of carbonyl (C=O) groups is 3. The van der Waals surface area contributed by atoms with Crippen molar-refractivity contribution in [3.63, 3.8) is 0 Å². The predicted molar refractivity (Wildman–Crippen MR) is 189 cm³/mol. The molecule has 1 fully saturated rings. The maximum Gasteiger partial charge on any atom is 0.253 e. The number of hydrogen-bond acceptors (Lipinski definition) is 8. The third-order valence-corrected chi connectivity index (χ3v) is 7.79. The maximum atomic E-state index is 13.3. The van der Waals surface area contributed by atoms with Gasteiger partial charge in [0.2, 0.25) is 5.91 Å². The molecule has 0 unspecified atom stereocenters. The predicted octanol–water partition coefficient (Wildman–Crippen LogP) is 4.82. The highest BCUT2D eigenvalue weighted by Gasteiger charge is 2.30. The van der Waals surface area contributed by atoms with Gasteiger partial charge in [0, 0.05) is 56.0 Å². The summed E-state index contributed by atoms with van der Waals surface area (Å²) in [4.78, 5) is 49.0. The average Bonchev–Trinajstić information content (AvgIpc) is 3.98. The fourth-order valence-electron chi connectivity index (χ4n) is 5.10. The molecule has 1 heterocycles. The van der Waals surface area contributed by atoms with Gasteiger partial charge in [-0.2, -0.15) is 5.26 Å². The van der Waals surface area contributed by atoms with Crippen LogP contribution >= 0.6 is 0 Å². The lowest BCUT2D eigenvalue weighted by molar-refractivity contribution is -0.121. The first kappa shape index (κ1) is 35.7. The molecule has 0 atom stereocenters. The lowest BCUT2D eigenvalue weighted by Gasteiger charge is -2.20. The summed E-state index contributed by atoms with van der Waals surface area (Å²) in [5, 5.41) is 18.9. The van der Waals surface area contributed by atoms with Crippen LogP contribution in [0.2, 0.25) is 0 Å². The number of carbonyl (C=O) groups excluding carboxylic acids is 3. The van der Waals surface area contributed by atoms with Crippen LogP contribution in [0.15, 0.2) is 83.1 Å². The van der Waals surface area contributed by atoms with Gasteiger partial charge in [-0.25, -0.2) is 0 Å². The third-order valence-electron chi connectivity index (χ3n) is 7.79. The molecule has 1 saturated carbocycles. The number of amides is 3. The number of allylic oxidation sites excluding steroid dienone is 1. The van der Waals surface area contributed by atoms with E-state index in [-0.39, 0.29) is 36.0 Å². The van der Waals surface area contributed by atoms with Crippen LogP contribution in [0.25, 0.3) is 11.1 Å². The highest BCUT2D eigenvalue weighted by Crippen LogP contribution is 2.40. The Hall–Kier alpha value is -6.20. The molecule has 11 nitrogen and oxygen atoms in total. The van der Waals surface area contributed by atoms with Gasteiger partial charge in [-0.3, -0.25) is 24.4 Å². The molecule has 0 radical (unpaired) electrons. The SMILES string of the molecule is C#Cc1ccnc(CN(C)C(=O)c2ccc(-c3c(C#N)ccc(NC(=C/C(=NC)NC(=O)C4CC4)/C(=C/CC)C(=O)NC)c3OC)cc2)c1. The van der Waals surface area contributed by atoms with Crippen molar-refractivity contribution in [2.24, 2.45) is 10.9 Å². The standard InChI is InChI=1S/C38H39N7O4/c1-7-9-30(37(47)41-4)32(21-33(40-3)44-36(46)26-12-13-26)43-31-17-16-28(22-39)34(35(31)49-6)25-10-14-27(15-11-25)38(48)45(5)23-29-20-24(8-2)18-19-42-29/h2,9-11,14-21,26,43H,7,12-13,23H2,1,3-6H3,(H,41,47)(H,40,44,46)/b30-9-,32-21+. The molecule has 0 aliphatic heterocycles. The molecule has 2 aromatic carbocycles. The monoisotopic (exact) mass is 657 g/mol. The van der Waals surface area contributed by atoms with E-state index in [0.29, 0.717) is 62.6 Å². The van der Waals surface area contributed by atoms with Crippen LogP contribution in [0.1, 0.15) is 53.4 Å². The number of aromatic nitrogens is 1. The molecule has 1 aromatic heterocycles. The maximum absolute atomic E-state index is 13.3. The van der Waals surface area contributed by atoms with Crippen molar-refractivity contribution in [3.05, 3.63) is 101 Å². The Morgan fingerprint density at radius 2 is 1.90 bits per heavy atom. The zero-order chi connectivity index (χ0) is 35.5. The molecular weight excluding hydrogens is 618 g/mol. The molecule has 3 aromatic rings. The number of nitrogens with one attached hydrogen (secondary N) is 3. The lowest BCUT2D eigenvalue weighted by Crippen LogP contribution is -2.32. The molecule has 11 heteroatoms. The van der Waals surface area contributed by atoms with Gasteiger partial charge in [0.25, 0.3) is 11.8 Å². The first-order valence-electron chi connectivity index (χ1n) is 15.7. The number of benzene rings is 2. The number of nitriles is 1. The second-order valence-electron chi connectivity index (χ2n) is 11.3. The van der Waals surface area contributed by atoms with Gasteiger partial charge >= 0.3 is 0 Å². The van der Waals surface area contributed by atoms with Crippen molar-refractivity contribution >= 4 is 29.2 Å². The normalized spacial score (nSPS) is 13.1. The van der Waals surface area contributed by atoms with Crippen LogP contribution in [-0.4, -0.2) is 61.7 Å². The minimum atomic E-state index is -0.345. The summed E-state index contributed by atoms with van der Waals surface area (Å²) in [6, 6.07) is 15.9. The van der Waals surface area contributed by atoms with Crippen LogP contribution in [0, 0.1) is 29.6 Å². The summed E-state index contributed by atoms with van der Waals surface area (Å²) in [6.45, 7) is 2.18. The molecule has 0 spiro atoms. The number of anilines is 1. The van der Waals surface area contributed by atoms with Crippen molar-refractivity contribution in [1.82, 2.24) is 20.5 Å². The van der Waals surface area contributed by atoms with Crippen molar-refractivity contribution in [2.45, 2.75) is 32.7 Å². The number of terminal acetylenes is 1. The zero-order valence-corrected chi connectivity index (χ0v) is 28.3. The van der Waals surface area contributed by atoms with E-state index >= 15 is 0 Å². The van der Waals surface area contributed by atoms with Crippen LogP contribution in [-0.2, 0) is 16.1 Å². The fraction of sp³-hybridized carbons (Fsp3) is 0.263. The third kappa shape index (κ3) is 8.79. The quantitative estimate of drug-likeness (QED) is 0.0832.